The van der Waals surface area contributed by atoms with E-state index in [4.69, 9.17) is 39.9 Å². The highest BCUT2D eigenvalue weighted by Gasteiger charge is 2.18. The summed E-state index contributed by atoms with van der Waals surface area (Å²) in [7, 11) is 0. The van der Waals surface area contributed by atoms with Crippen LogP contribution in [0.25, 0.3) is 16.9 Å². The monoisotopic (exact) mass is 497 g/mol. The standard InChI is InChI=1S/C26H22Cl3N3O/c1-16-6-7-19(12-17(16)2)24-15-25(32(31-24)22-5-3-4-20(27)13-22)26(33)30-11-10-18-8-9-21(28)14-23(18)29/h3-9,12-15H,10-11H2,1-2H3,(H,30,33). The Morgan fingerprint density at radius 1 is 0.909 bits per heavy atom. The molecule has 0 aliphatic heterocycles. The average Bonchev–Trinajstić information content (AvgIpc) is 3.23. The van der Waals surface area contributed by atoms with Crippen molar-refractivity contribution in [1.82, 2.24) is 15.1 Å². The SMILES string of the molecule is Cc1ccc(-c2cc(C(=O)NCCc3ccc(Cl)cc3Cl)n(-c3cccc(Cl)c3)n2)cc1C. The summed E-state index contributed by atoms with van der Waals surface area (Å²) in [6.07, 6.45) is 0.580. The summed E-state index contributed by atoms with van der Waals surface area (Å²) in [5, 5.41) is 9.44. The molecule has 4 nitrogen and oxygen atoms in total. The maximum Gasteiger partial charge on any atom is 0.270 e. The van der Waals surface area contributed by atoms with Gasteiger partial charge in [0, 0.05) is 27.2 Å². The van der Waals surface area contributed by atoms with Gasteiger partial charge >= 0.3 is 0 Å². The number of hydrogen-bond acceptors (Lipinski definition) is 2. The van der Waals surface area contributed by atoms with Crippen molar-refractivity contribution >= 4 is 40.7 Å². The van der Waals surface area contributed by atoms with E-state index in [9.17, 15) is 4.79 Å². The Hall–Kier alpha value is -2.79. The molecular formula is C26H22Cl3N3O. The molecule has 0 bridgehead atoms. The van der Waals surface area contributed by atoms with E-state index < -0.39 is 0 Å². The van der Waals surface area contributed by atoms with Crippen molar-refractivity contribution in [2.24, 2.45) is 0 Å². The summed E-state index contributed by atoms with van der Waals surface area (Å²) in [5.74, 6) is -0.234. The third kappa shape index (κ3) is 5.41. The van der Waals surface area contributed by atoms with Gasteiger partial charge < -0.3 is 5.32 Å². The number of aromatic nitrogens is 2. The van der Waals surface area contributed by atoms with Crippen LogP contribution in [0.1, 0.15) is 27.2 Å². The van der Waals surface area contributed by atoms with Crippen molar-refractivity contribution in [3.05, 3.63) is 104 Å². The highest BCUT2D eigenvalue weighted by Crippen LogP contribution is 2.25. The molecule has 0 spiro atoms. The molecule has 0 aliphatic rings. The molecule has 1 amide bonds. The summed E-state index contributed by atoms with van der Waals surface area (Å²) < 4.78 is 1.63. The van der Waals surface area contributed by atoms with Gasteiger partial charge in [-0.25, -0.2) is 4.68 Å². The van der Waals surface area contributed by atoms with Crippen molar-refractivity contribution in [2.75, 3.05) is 6.54 Å². The molecule has 3 aromatic carbocycles. The zero-order valence-corrected chi connectivity index (χ0v) is 20.5. The highest BCUT2D eigenvalue weighted by atomic mass is 35.5. The number of amides is 1. The Morgan fingerprint density at radius 2 is 1.70 bits per heavy atom. The van der Waals surface area contributed by atoms with Crippen molar-refractivity contribution in [2.45, 2.75) is 20.3 Å². The van der Waals surface area contributed by atoms with E-state index >= 15 is 0 Å². The summed E-state index contributed by atoms with van der Waals surface area (Å²) >= 11 is 18.4. The number of rotatable bonds is 6. The lowest BCUT2D eigenvalue weighted by atomic mass is 10.0. The van der Waals surface area contributed by atoms with Gasteiger partial charge in [0.2, 0.25) is 0 Å². The number of nitrogens with zero attached hydrogens (tertiary/aromatic N) is 2. The minimum Gasteiger partial charge on any atom is -0.350 e. The molecule has 1 aromatic heterocycles. The quantitative estimate of drug-likeness (QED) is 0.308. The van der Waals surface area contributed by atoms with Gasteiger partial charge in [-0.3, -0.25) is 4.79 Å². The fourth-order valence-corrected chi connectivity index (χ4v) is 4.20. The van der Waals surface area contributed by atoms with Crippen molar-refractivity contribution in [1.29, 1.82) is 0 Å². The molecule has 0 fully saturated rings. The van der Waals surface area contributed by atoms with Gasteiger partial charge in [-0.05, 0) is 79.4 Å². The number of carbonyl (C=O) groups is 1. The van der Waals surface area contributed by atoms with Gasteiger partial charge in [-0.1, -0.05) is 59.1 Å². The zero-order valence-electron chi connectivity index (χ0n) is 18.2. The zero-order chi connectivity index (χ0) is 23.5. The van der Waals surface area contributed by atoms with Crippen molar-refractivity contribution in [3.63, 3.8) is 0 Å². The molecule has 4 rings (SSSR count). The smallest absolute Gasteiger partial charge is 0.270 e. The molecule has 7 heteroatoms. The van der Waals surface area contributed by atoms with Crippen LogP contribution in [0, 0.1) is 13.8 Å². The first-order valence-electron chi connectivity index (χ1n) is 10.5. The van der Waals surface area contributed by atoms with Gasteiger partial charge in [0.1, 0.15) is 5.69 Å². The van der Waals surface area contributed by atoms with Crippen LogP contribution in [-0.4, -0.2) is 22.2 Å². The van der Waals surface area contributed by atoms with E-state index in [1.54, 1.807) is 35.0 Å². The first-order valence-corrected chi connectivity index (χ1v) is 11.6. The number of hydrogen-bond donors (Lipinski definition) is 1. The molecule has 0 unspecified atom stereocenters. The summed E-state index contributed by atoms with van der Waals surface area (Å²) in [6.45, 7) is 4.54. The molecular weight excluding hydrogens is 477 g/mol. The first kappa shape index (κ1) is 23.4. The average molecular weight is 499 g/mol. The van der Waals surface area contributed by atoms with Crippen LogP contribution in [0.2, 0.25) is 15.1 Å². The lowest BCUT2D eigenvalue weighted by molar-refractivity contribution is 0.0946. The van der Waals surface area contributed by atoms with Crippen LogP contribution in [0.5, 0.6) is 0 Å². The second kappa shape index (κ2) is 10.0. The van der Waals surface area contributed by atoms with Gasteiger partial charge in [0.15, 0.2) is 0 Å². The highest BCUT2D eigenvalue weighted by molar-refractivity contribution is 6.35. The minimum absolute atomic E-state index is 0.234. The summed E-state index contributed by atoms with van der Waals surface area (Å²) in [5.41, 5.74) is 6.07. The predicted molar refractivity (Wildman–Crippen MR) is 136 cm³/mol. The lowest BCUT2D eigenvalue weighted by Gasteiger charge is -2.09. The molecule has 0 radical (unpaired) electrons. The lowest BCUT2D eigenvalue weighted by Crippen LogP contribution is -2.27. The molecule has 0 aliphatic carbocycles. The number of halogens is 3. The number of benzene rings is 3. The van der Waals surface area contributed by atoms with Crippen LogP contribution < -0.4 is 5.32 Å². The largest absolute Gasteiger partial charge is 0.350 e. The summed E-state index contributed by atoms with van der Waals surface area (Å²) in [6, 6.07) is 20.6. The molecule has 0 saturated carbocycles. The van der Waals surface area contributed by atoms with E-state index in [1.165, 1.54) is 5.56 Å². The second-order valence-corrected chi connectivity index (χ2v) is 9.13. The van der Waals surface area contributed by atoms with E-state index in [2.05, 4.69) is 31.3 Å². The molecule has 1 heterocycles. The van der Waals surface area contributed by atoms with Crippen LogP contribution in [-0.2, 0) is 6.42 Å². The molecule has 1 N–H and O–H groups in total. The van der Waals surface area contributed by atoms with Gasteiger partial charge in [-0.2, -0.15) is 5.10 Å². The number of aryl methyl sites for hydroxylation is 2. The van der Waals surface area contributed by atoms with Gasteiger partial charge in [-0.15, -0.1) is 0 Å². The number of carbonyl (C=O) groups excluding carboxylic acids is 1. The third-order valence-electron chi connectivity index (χ3n) is 5.49. The van der Waals surface area contributed by atoms with Crippen LogP contribution >= 0.6 is 34.8 Å². The Balaban J connectivity index is 1.62. The Labute approximate surface area is 208 Å². The molecule has 0 atom stereocenters. The van der Waals surface area contributed by atoms with E-state index in [0.717, 1.165) is 16.7 Å². The van der Waals surface area contributed by atoms with Crippen LogP contribution in [0.4, 0.5) is 0 Å². The maximum absolute atomic E-state index is 13.2. The molecule has 33 heavy (non-hydrogen) atoms. The Kier molecular flexibility index (Phi) is 7.08. The van der Waals surface area contributed by atoms with Crippen molar-refractivity contribution in [3.8, 4) is 16.9 Å². The van der Waals surface area contributed by atoms with Gasteiger partial charge in [0.05, 0.1) is 11.4 Å². The Morgan fingerprint density at radius 3 is 2.42 bits per heavy atom. The van der Waals surface area contributed by atoms with Gasteiger partial charge in [0.25, 0.3) is 5.91 Å². The first-order chi connectivity index (χ1) is 15.8. The topological polar surface area (TPSA) is 46.9 Å². The normalized spacial score (nSPS) is 10.9. The predicted octanol–water partition coefficient (Wildman–Crippen LogP) is 7.09. The van der Waals surface area contributed by atoms with Crippen LogP contribution in [0.15, 0.2) is 66.7 Å². The molecule has 0 saturated heterocycles. The van der Waals surface area contributed by atoms with E-state index in [1.807, 2.05) is 24.3 Å². The van der Waals surface area contributed by atoms with Crippen LogP contribution in [0.3, 0.4) is 0 Å². The Bertz CT molecular complexity index is 1330. The number of nitrogens with one attached hydrogen (secondary N) is 1. The van der Waals surface area contributed by atoms with E-state index in [-0.39, 0.29) is 5.91 Å². The fraction of sp³-hybridized carbons (Fsp3) is 0.154. The minimum atomic E-state index is -0.234. The second-order valence-electron chi connectivity index (χ2n) is 7.85. The third-order valence-corrected chi connectivity index (χ3v) is 6.31. The molecule has 4 aromatic rings. The molecule has 168 valence electrons. The summed E-state index contributed by atoms with van der Waals surface area (Å²) in [4.78, 5) is 13.2. The fourth-order valence-electron chi connectivity index (χ4n) is 3.52. The van der Waals surface area contributed by atoms with Crippen molar-refractivity contribution < 1.29 is 4.79 Å². The van der Waals surface area contributed by atoms with E-state index in [0.29, 0.717) is 45.1 Å². The maximum atomic E-state index is 13.2.